The quantitative estimate of drug-likeness (QED) is 0.678. The van der Waals surface area contributed by atoms with Crippen LogP contribution >= 0.6 is 11.6 Å². The van der Waals surface area contributed by atoms with Crippen LogP contribution in [0.3, 0.4) is 0 Å². The van der Waals surface area contributed by atoms with E-state index in [9.17, 15) is 0 Å². The highest BCUT2D eigenvalue weighted by molar-refractivity contribution is 6.31. The SMILES string of the molecule is Cc1cc(Cl)cc2c1C(C)CC=C(N1CCN(C)CC1)C1=NC(C)CC=CN12. The van der Waals surface area contributed by atoms with E-state index in [2.05, 4.69) is 73.0 Å². The Morgan fingerprint density at radius 2 is 1.82 bits per heavy atom. The largest absolute Gasteiger partial charge is 0.366 e. The average Bonchev–Trinajstić information content (AvgIpc) is 2.83. The summed E-state index contributed by atoms with van der Waals surface area (Å²) in [6, 6.07) is 4.47. The van der Waals surface area contributed by atoms with Gasteiger partial charge < -0.3 is 14.7 Å². The molecule has 3 aliphatic rings. The fraction of sp³-hybridized carbons (Fsp3) is 0.522. The Balaban J connectivity index is 1.85. The number of aryl methyl sites for hydroxylation is 1. The number of nitrogens with zero attached hydrogens (tertiary/aromatic N) is 4. The fourth-order valence-electron chi connectivity index (χ4n) is 4.53. The first kappa shape index (κ1) is 19.5. The van der Waals surface area contributed by atoms with Crippen LogP contribution in [0.2, 0.25) is 5.02 Å². The molecule has 3 aliphatic heterocycles. The summed E-state index contributed by atoms with van der Waals surface area (Å²) < 4.78 is 0. The van der Waals surface area contributed by atoms with Crippen LogP contribution in [0.4, 0.5) is 5.69 Å². The number of piperazine rings is 1. The van der Waals surface area contributed by atoms with Crippen LogP contribution in [0.1, 0.15) is 43.7 Å². The van der Waals surface area contributed by atoms with Crippen molar-refractivity contribution >= 4 is 23.1 Å². The second-order valence-electron chi connectivity index (χ2n) is 8.46. The molecule has 2 unspecified atom stereocenters. The van der Waals surface area contributed by atoms with Gasteiger partial charge in [-0.3, -0.25) is 4.99 Å². The minimum Gasteiger partial charge on any atom is -0.366 e. The van der Waals surface area contributed by atoms with Crippen LogP contribution < -0.4 is 4.90 Å². The van der Waals surface area contributed by atoms with E-state index in [0.717, 1.165) is 49.9 Å². The van der Waals surface area contributed by atoms with Crippen molar-refractivity contribution in [3.8, 4) is 0 Å². The van der Waals surface area contributed by atoms with E-state index in [0.29, 0.717) is 5.92 Å². The van der Waals surface area contributed by atoms with Crippen LogP contribution in [-0.4, -0.2) is 54.9 Å². The molecule has 150 valence electrons. The zero-order valence-corrected chi connectivity index (χ0v) is 18.2. The first-order chi connectivity index (χ1) is 13.4. The molecule has 1 aromatic rings. The second kappa shape index (κ2) is 7.92. The number of hydrogen-bond acceptors (Lipinski definition) is 4. The Bertz CT molecular complexity index is 833. The highest BCUT2D eigenvalue weighted by atomic mass is 35.5. The number of likely N-dealkylation sites (N-methyl/N-ethyl adjacent to an activating group) is 1. The zero-order chi connectivity index (χ0) is 19.8. The van der Waals surface area contributed by atoms with E-state index in [1.807, 2.05) is 0 Å². The number of anilines is 1. The van der Waals surface area contributed by atoms with Crippen LogP contribution in [-0.2, 0) is 0 Å². The highest BCUT2D eigenvalue weighted by Crippen LogP contribution is 2.39. The summed E-state index contributed by atoms with van der Waals surface area (Å²) in [5.74, 6) is 1.51. The standard InChI is InChI=1S/C23H31ClN4/c1-16-7-8-20(27-12-10-26(4)11-13-27)23-25-18(3)6-5-9-28(23)21-15-19(24)14-17(2)22(16)21/h5,8-9,14-16,18H,6-7,10-13H2,1-4H3. The summed E-state index contributed by atoms with van der Waals surface area (Å²) in [7, 11) is 2.20. The van der Waals surface area contributed by atoms with Crippen molar-refractivity contribution in [2.75, 3.05) is 38.1 Å². The third-order valence-electron chi connectivity index (χ3n) is 6.12. The molecule has 0 amide bonds. The molecule has 0 spiro atoms. The Labute approximate surface area is 174 Å². The summed E-state index contributed by atoms with van der Waals surface area (Å²) in [5, 5.41) is 0.791. The first-order valence-corrected chi connectivity index (χ1v) is 10.8. The van der Waals surface area contributed by atoms with Crippen molar-refractivity contribution in [3.63, 3.8) is 0 Å². The summed E-state index contributed by atoms with van der Waals surface area (Å²) in [6.45, 7) is 11.0. The molecule has 0 saturated carbocycles. The molecule has 1 saturated heterocycles. The maximum absolute atomic E-state index is 6.50. The minimum absolute atomic E-state index is 0.271. The van der Waals surface area contributed by atoms with Gasteiger partial charge in [-0.05, 0) is 62.9 Å². The third kappa shape index (κ3) is 3.72. The smallest absolute Gasteiger partial charge is 0.156 e. The van der Waals surface area contributed by atoms with Crippen molar-refractivity contribution in [2.45, 2.75) is 45.6 Å². The van der Waals surface area contributed by atoms with Gasteiger partial charge in [0.15, 0.2) is 5.84 Å². The van der Waals surface area contributed by atoms with Gasteiger partial charge in [-0.2, -0.15) is 0 Å². The van der Waals surface area contributed by atoms with Gasteiger partial charge in [0.2, 0.25) is 0 Å². The molecule has 1 aromatic carbocycles. The maximum Gasteiger partial charge on any atom is 0.156 e. The topological polar surface area (TPSA) is 22.1 Å². The van der Waals surface area contributed by atoms with Crippen molar-refractivity contribution in [1.29, 1.82) is 0 Å². The molecule has 4 rings (SSSR count). The molecule has 28 heavy (non-hydrogen) atoms. The molecular formula is C23H31ClN4. The lowest BCUT2D eigenvalue weighted by molar-refractivity contribution is 0.191. The molecule has 4 nitrogen and oxygen atoms in total. The molecule has 1 fully saturated rings. The van der Waals surface area contributed by atoms with E-state index in [4.69, 9.17) is 16.6 Å². The molecule has 2 atom stereocenters. The molecule has 3 heterocycles. The number of rotatable bonds is 1. The van der Waals surface area contributed by atoms with Crippen LogP contribution in [0.15, 0.2) is 41.2 Å². The van der Waals surface area contributed by atoms with Gasteiger partial charge in [-0.25, -0.2) is 0 Å². The van der Waals surface area contributed by atoms with Crippen molar-refractivity contribution in [3.05, 3.63) is 52.3 Å². The Hall–Kier alpha value is -1.78. The Morgan fingerprint density at radius 3 is 2.57 bits per heavy atom. The molecule has 5 heteroatoms. The lowest BCUT2D eigenvalue weighted by atomic mass is 9.89. The van der Waals surface area contributed by atoms with E-state index in [1.165, 1.54) is 22.5 Å². The molecule has 0 bridgehead atoms. The van der Waals surface area contributed by atoms with Gasteiger partial charge in [-0.15, -0.1) is 0 Å². The van der Waals surface area contributed by atoms with E-state index in [1.54, 1.807) is 0 Å². The Morgan fingerprint density at radius 1 is 1.07 bits per heavy atom. The minimum atomic E-state index is 0.271. The summed E-state index contributed by atoms with van der Waals surface area (Å²) in [5.41, 5.74) is 5.10. The second-order valence-corrected chi connectivity index (χ2v) is 8.90. The fourth-order valence-corrected chi connectivity index (χ4v) is 4.80. The van der Waals surface area contributed by atoms with Gasteiger partial charge in [0.1, 0.15) is 0 Å². The van der Waals surface area contributed by atoms with Crippen molar-refractivity contribution < 1.29 is 0 Å². The number of halogens is 1. The number of fused-ring (bicyclic) bond motifs is 3. The highest BCUT2D eigenvalue weighted by Gasteiger charge is 2.30. The molecule has 0 radical (unpaired) electrons. The van der Waals surface area contributed by atoms with Crippen LogP contribution in [0.25, 0.3) is 0 Å². The number of hydrogen-bond donors (Lipinski definition) is 0. The van der Waals surface area contributed by atoms with Gasteiger partial charge in [-0.1, -0.05) is 30.7 Å². The molecule has 0 N–H and O–H groups in total. The predicted octanol–water partition coefficient (Wildman–Crippen LogP) is 4.80. The summed E-state index contributed by atoms with van der Waals surface area (Å²) >= 11 is 6.50. The first-order valence-electron chi connectivity index (χ1n) is 10.4. The number of amidine groups is 1. The van der Waals surface area contributed by atoms with Gasteiger partial charge in [0.25, 0.3) is 0 Å². The number of benzene rings is 1. The van der Waals surface area contributed by atoms with Gasteiger partial charge in [0.05, 0.1) is 17.4 Å². The maximum atomic E-state index is 6.50. The molecular weight excluding hydrogens is 368 g/mol. The number of aliphatic imine (C=N–C) groups is 1. The zero-order valence-electron chi connectivity index (χ0n) is 17.5. The lowest BCUT2D eigenvalue weighted by Gasteiger charge is -2.39. The molecule has 0 aromatic heterocycles. The van der Waals surface area contributed by atoms with Crippen LogP contribution in [0.5, 0.6) is 0 Å². The van der Waals surface area contributed by atoms with Crippen molar-refractivity contribution in [2.24, 2.45) is 4.99 Å². The van der Waals surface area contributed by atoms with E-state index in [-0.39, 0.29) is 6.04 Å². The summed E-state index contributed by atoms with van der Waals surface area (Å²) in [4.78, 5) is 12.4. The third-order valence-corrected chi connectivity index (χ3v) is 6.34. The number of allylic oxidation sites excluding steroid dienone is 1. The van der Waals surface area contributed by atoms with Gasteiger partial charge >= 0.3 is 0 Å². The summed E-state index contributed by atoms with van der Waals surface area (Å²) in [6.07, 6.45) is 8.85. The van der Waals surface area contributed by atoms with E-state index >= 15 is 0 Å². The average molecular weight is 399 g/mol. The molecule has 0 aliphatic carbocycles. The lowest BCUT2D eigenvalue weighted by Crippen LogP contribution is -2.47. The van der Waals surface area contributed by atoms with Crippen molar-refractivity contribution in [1.82, 2.24) is 9.80 Å². The monoisotopic (exact) mass is 398 g/mol. The van der Waals surface area contributed by atoms with E-state index < -0.39 is 0 Å². The Kier molecular flexibility index (Phi) is 5.52. The normalized spacial score (nSPS) is 25.9. The van der Waals surface area contributed by atoms with Crippen LogP contribution in [0, 0.1) is 6.92 Å². The predicted molar refractivity (Wildman–Crippen MR) is 120 cm³/mol. The van der Waals surface area contributed by atoms with Gasteiger partial charge in [0, 0.05) is 37.4 Å².